The van der Waals surface area contributed by atoms with Gasteiger partial charge in [-0.1, -0.05) is 25.4 Å². The standard InChI is InChI=1S/C20H26ClN3O3/c1-4-10-26-17-8-7-16(12-18(17)27-11-5-2)23-14(3)20(25)24-19-9-6-15(21)13-22-19/h6-9,12-14,23H,4-5,10-11H2,1-3H3,(H,22,24,25). The van der Waals surface area contributed by atoms with Crippen molar-refractivity contribution in [3.8, 4) is 11.5 Å². The van der Waals surface area contributed by atoms with Crippen molar-refractivity contribution in [2.75, 3.05) is 23.8 Å². The Labute approximate surface area is 165 Å². The van der Waals surface area contributed by atoms with Crippen molar-refractivity contribution in [2.24, 2.45) is 0 Å². The molecule has 146 valence electrons. The number of halogens is 1. The summed E-state index contributed by atoms with van der Waals surface area (Å²) in [5.41, 5.74) is 0.775. The van der Waals surface area contributed by atoms with Crippen LogP contribution >= 0.6 is 11.6 Å². The molecule has 27 heavy (non-hydrogen) atoms. The first-order valence-corrected chi connectivity index (χ1v) is 9.49. The maximum atomic E-state index is 12.4. The molecule has 1 atom stereocenters. The number of aromatic nitrogens is 1. The van der Waals surface area contributed by atoms with Crippen LogP contribution in [0.15, 0.2) is 36.5 Å². The molecular weight excluding hydrogens is 366 g/mol. The first-order chi connectivity index (χ1) is 13.0. The summed E-state index contributed by atoms with van der Waals surface area (Å²) < 4.78 is 11.5. The fourth-order valence-corrected chi connectivity index (χ4v) is 2.37. The fourth-order valence-electron chi connectivity index (χ4n) is 2.25. The van der Waals surface area contributed by atoms with Crippen LogP contribution in [0.1, 0.15) is 33.6 Å². The highest BCUT2D eigenvalue weighted by molar-refractivity contribution is 6.30. The molecule has 0 aliphatic carbocycles. The van der Waals surface area contributed by atoms with Crippen molar-refractivity contribution in [3.63, 3.8) is 0 Å². The van der Waals surface area contributed by atoms with E-state index in [1.165, 1.54) is 6.20 Å². The van der Waals surface area contributed by atoms with Crippen molar-refractivity contribution >= 4 is 29.0 Å². The van der Waals surface area contributed by atoms with Crippen molar-refractivity contribution in [2.45, 2.75) is 39.7 Å². The van der Waals surface area contributed by atoms with Crippen LogP contribution in [-0.4, -0.2) is 30.1 Å². The molecule has 1 unspecified atom stereocenters. The van der Waals surface area contributed by atoms with Gasteiger partial charge in [0, 0.05) is 18.0 Å². The second kappa shape index (κ2) is 10.6. The molecule has 0 fully saturated rings. The highest BCUT2D eigenvalue weighted by atomic mass is 35.5. The van der Waals surface area contributed by atoms with E-state index in [9.17, 15) is 4.79 Å². The Morgan fingerprint density at radius 3 is 2.44 bits per heavy atom. The SMILES string of the molecule is CCCOc1ccc(NC(C)C(=O)Nc2ccc(Cl)cn2)cc1OCCC. The minimum atomic E-state index is -0.469. The number of amides is 1. The van der Waals surface area contributed by atoms with Gasteiger partial charge in [0.2, 0.25) is 5.91 Å². The van der Waals surface area contributed by atoms with Crippen molar-refractivity contribution in [1.29, 1.82) is 0 Å². The quantitative estimate of drug-likeness (QED) is 0.611. The van der Waals surface area contributed by atoms with Gasteiger partial charge >= 0.3 is 0 Å². The number of rotatable bonds is 10. The Bertz CT molecular complexity index is 738. The van der Waals surface area contributed by atoms with E-state index in [0.29, 0.717) is 35.6 Å². The number of anilines is 2. The van der Waals surface area contributed by atoms with E-state index < -0.39 is 6.04 Å². The predicted molar refractivity (Wildman–Crippen MR) is 109 cm³/mol. The van der Waals surface area contributed by atoms with E-state index in [0.717, 1.165) is 18.5 Å². The maximum absolute atomic E-state index is 12.4. The molecule has 1 heterocycles. The third-order valence-corrected chi connectivity index (χ3v) is 3.85. The summed E-state index contributed by atoms with van der Waals surface area (Å²) in [7, 11) is 0. The Morgan fingerprint density at radius 1 is 1.11 bits per heavy atom. The molecule has 0 radical (unpaired) electrons. The molecule has 7 heteroatoms. The third-order valence-electron chi connectivity index (χ3n) is 3.62. The van der Waals surface area contributed by atoms with Crippen LogP contribution in [0.3, 0.4) is 0 Å². The van der Waals surface area contributed by atoms with Gasteiger partial charge in [0.15, 0.2) is 11.5 Å². The minimum Gasteiger partial charge on any atom is -0.490 e. The van der Waals surface area contributed by atoms with Crippen molar-refractivity contribution < 1.29 is 14.3 Å². The molecule has 0 bridgehead atoms. The number of nitrogens with zero attached hydrogens (tertiary/aromatic N) is 1. The van der Waals surface area contributed by atoms with Crippen molar-refractivity contribution in [1.82, 2.24) is 4.98 Å². The highest BCUT2D eigenvalue weighted by Crippen LogP contribution is 2.31. The van der Waals surface area contributed by atoms with Gasteiger partial charge in [0.1, 0.15) is 11.9 Å². The number of ether oxygens (including phenoxy) is 2. The fraction of sp³-hybridized carbons (Fsp3) is 0.400. The van der Waals surface area contributed by atoms with Crippen LogP contribution in [0.4, 0.5) is 11.5 Å². The summed E-state index contributed by atoms with van der Waals surface area (Å²) in [6.07, 6.45) is 3.31. The number of benzene rings is 1. The van der Waals surface area contributed by atoms with Gasteiger partial charge in [0.05, 0.1) is 18.2 Å². The number of hydrogen-bond acceptors (Lipinski definition) is 5. The monoisotopic (exact) mass is 391 g/mol. The minimum absolute atomic E-state index is 0.202. The molecule has 2 N–H and O–H groups in total. The second-order valence-electron chi connectivity index (χ2n) is 6.08. The van der Waals surface area contributed by atoms with Crippen LogP contribution in [-0.2, 0) is 4.79 Å². The molecule has 1 aromatic carbocycles. The van der Waals surface area contributed by atoms with Gasteiger partial charge in [-0.3, -0.25) is 4.79 Å². The van der Waals surface area contributed by atoms with Gasteiger partial charge in [-0.2, -0.15) is 0 Å². The number of hydrogen-bond donors (Lipinski definition) is 2. The first-order valence-electron chi connectivity index (χ1n) is 9.12. The summed E-state index contributed by atoms with van der Waals surface area (Å²) in [5.74, 6) is 1.63. The number of pyridine rings is 1. The van der Waals surface area contributed by atoms with Gasteiger partial charge in [0.25, 0.3) is 0 Å². The third kappa shape index (κ3) is 6.64. The molecule has 6 nitrogen and oxygen atoms in total. The first kappa shape index (κ1) is 20.8. The average molecular weight is 392 g/mol. The van der Waals surface area contributed by atoms with Gasteiger partial charge in [-0.05, 0) is 44.0 Å². The second-order valence-corrected chi connectivity index (χ2v) is 6.51. The van der Waals surface area contributed by atoms with Crippen LogP contribution in [0, 0.1) is 0 Å². The van der Waals surface area contributed by atoms with Gasteiger partial charge < -0.3 is 20.1 Å². The number of carbonyl (C=O) groups is 1. The Hall–Kier alpha value is -2.47. The topological polar surface area (TPSA) is 72.5 Å². The molecule has 0 saturated heterocycles. The summed E-state index contributed by atoms with van der Waals surface area (Å²) in [5, 5.41) is 6.44. The van der Waals surface area contributed by atoms with E-state index in [2.05, 4.69) is 22.5 Å². The van der Waals surface area contributed by atoms with E-state index in [1.807, 2.05) is 25.1 Å². The lowest BCUT2D eigenvalue weighted by atomic mass is 10.2. The lowest BCUT2D eigenvalue weighted by Crippen LogP contribution is -2.32. The zero-order chi connectivity index (χ0) is 19.6. The summed E-state index contributed by atoms with van der Waals surface area (Å²) in [4.78, 5) is 16.4. The van der Waals surface area contributed by atoms with Crippen LogP contribution in [0.5, 0.6) is 11.5 Å². The smallest absolute Gasteiger partial charge is 0.247 e. The molecule has 2 rings (SSSR count). The van der Waals surface area contributed by atoms with E-state index in [1.54, 1.807) is 19.1 Å². The summed E-state index contributed by atoms with van der Waals surface area (Å²) >= 11 is 5.80. The number of carbonyl (C=O) groups excluding carboxylic acids is 1. The molecule has 1 amide bonds. The van der Waals surface area contributed by atoms with Gasteiger partial charge in [-0.25, -0.2) is 4.98 Å². The van der Waals surface area contributed by atoms with Gasteiger partial charge in [-0.15, -0.1) is 0 Å². The van der Waals surface area contributed by atoms with Crippen LogP contribution in [0.25, 0.3) is 0 Å². The normalized spacial score (nSPS) is 11.6. The molecule has 0 aliphatic heterocycles. The molecule has 2 aromatic rings. The Kier molecular flexibility index (Phi) is 8.20. The van der Waals surface area contributed by atoms with E-state index in [-0.39, 0.29) is 5.91 Å². The summed E-state index contributed by atoms with van der Waals surface area (Å²) in [6.45, 7) is 7.11. The van der Waals surface area contributed by atoms with Crippen molar-refractivity contribution in [3.05, 3.63) is 41.6 Å². The van der Waals surface area contributed by atoms with Crippen LogP contribution < -0.4 is 20.1 Å². The molecular formula is C20H26ClN3O3. The predicted octanol–water partition coefficient (Wildman–Crippen LogP) is 4.75. The lowest BCUT2D eigenvalue weighted by Gasteiger charge is -2.17. The Morgan fingerprint density at radius 2 is 1.81 bits per heavy atom. The average Bonchev–Trinajstić information content (AvgIpc) is 2.67. The maximum Gasteiger partial charge on any atom is 0.247 e. The Balaban J connectivity index is 2.03. The lowest BCUT2D eigenvalue weighted by molar-refractivity contribution is -0.116. The van der Waals surface area contributed by atoms with E-state index >= 15 is 0 Å². The van der Waals surface area contributed by atoms with Crippen LogP contribution in [0.2, 0.25) is 5.02 Å². The highest BCUT2D eigenvalue weighted by Gasteiger charge is 2.15. The number of nitrogens with one attached hydrogen (secondary N) is 2. The largest absolute Gasteiger partial charge is 0.490 e. The van der Waals surface area contributed by atoms with E-state index in [4.69, 9.17) is 21.1 Å². The molecule has 0 saturated carbocycles. The zero-order valence-corrected chi connectivity index (χ0v) is 16.7. The summed E-state index contributed by atoms with van der Waals surface area (Å²) in [6, 6.07) is 8.44. The zero-order valence-electron chi connectivity index (χ0n) is 15.9. The molecule has 0 spiro atoms. The molecule has 1 aromatic heterocycles. The molecule has 0 aliphatic rings.